The molecule has 1 fully saturated rings. The summed E-state index contributed by atoms with van der Waals surface area (Å²) in [5, 5.41) is 14.1. The van der Waals surface area contributed by atoms with Gasteiger partial charge in [0.15, 0.2) is 5.82 Å². The van der Waals surface area contributed by atoms with Gasteiger partial charge < -0.3 is 4.74 Å². The Morgan fingerprint density at radius 2 is 2.28 bits per heavy atom. The Hall–Kier alpha value is -1.01. The maximum Gasteiger partial charge on any atom is 0.234 e. The first kappa shape index (κ1) is 12.0. The Labute approximate surface area is 110 Å². The van der Waals surface area contributed by atoms with Crippen molar-refractivity contribution in [2.45, 2.75) is 45.6 Å². The third kappa shape index (κ3) is 2.27. The van der Waals surface area contributed by atoms with E-state index in [0.29, 0.717) is 5.92 Å². The quantitative estimate of drug-likeness (QED) is 0.857. The SMILES string of the molecule is CC(C)Cc1nnc2sc([C@@H]3CCCCO3)nn12. The summed E-state index contributed by atoms with van der Waals surface area (Å²) in [6.45, 7) is 5.21. The van der Waals surface area contributed by atoms with Gasteiger partial charge in [-0.05, 0) is 25.2 Å². The average molecular weight is 266 g/mol. The van der Waals surface area contributed by atoms with Crippen molar-refractivity contribution in [2.24, 2.45) is 5.92 Å². The summed E-state index contributed by atoms with van der Waals surface area (Å²) in [4.78, 5) is 0.884. The molecule has 2 aromatic rings. The van der Waals surface area contributed by atoms with Gasteiger partial charge in [-0.25, -0.2) is 0 Å². The molecule has 3 rings (SSSR count). The van der Waals surface area contributed by atoms with Crippen molar-refractivity contribution in [1.29, 1.82) is 0 Å². The Balaban J connectivity index is 1.88. The largest absolute Gasteiger partial charge is 0.371 e. The van der Waals surface area contributed by atoms with Crippen molar-refractivity contribution >= 4 is 16.3 Å². The predicted molar refractivity (Wildman–Crippen MR) is 69.7 cm³/mol. The fourth-order valence-corrected chi connectivity index (χ4v) is 3.17. The third-order valence-corrected chi connectivity index (χ3v) is 4.11. The van der Waals surface area contributed by atoms with Crippen LogP contribution in [0.15, 0.2) is 0 Å². The van der Waals surface area contributed by atoms with Crippen LogP contribution in [0, 0.1) is 5.92 Å². The van der Waals surface area contributed by atoms with E-state index in [1.54, 1.807) is 11.3 Å². The van der Waals surface area contributed by atoms with Crippen molar-refractivity contribution in [3.8, 4) is 0 Å². The Kier molecular flexibility index (Phi) is 3.30. The maximum atomic E-state index is 5.77. The van der Waals surface area contributed by atoms with E-state index >= 15 is 0 Å². The Bertz CT molecular complexity index is 527. The molecule has 1 saturated heterocycles. The van der Waals surface area contributed by atoms with Gasteiger partial charge in [0, 0.05) is 13.0 Å². The van der Waals surface area contributed by atoms with Gasteiger partial charge in [0.1, 0.15) is 11.1 Å². The summed E-state index contributed by atoms with van der Waals surface area (Å²) in [6, 6.07) is 0. The minimum atomic E-state index is 0.164. The maximum absolute atomic E-state index is 5.77. The zero-order valence-corrected chi connectivity index (χ0v) is 11.6. The van der Waals surface area contributed by atoms with Crippen molar-refractivity contribution in [2.75, 3.05) is 6.61 Å². The summed E-state index contributed by atoms with van der Waals surface area (Å²) in [7, 11) is 0. The molecule has 0 unspecified atom stereocenters. The number of ether oxygens (including phenoxy) is 1. The summed E-state index contributed by atoms with van der Waals surface area (Å²) in [5.74, 6) is 1.52. The van der Waals surface area contributed by atoms with Gasteiger partial charge in [0.25, 0.3) is 0 Å². The lowest BCUT2D eigenvalue weighted by Crippen LogP contribution is -2.12. The van der Waals surface area contributed by atoms with E-state index in [2.05, 4.69) is 29.1 Å². The Morgan fingerprint density at radius 3 is 3.00 bits per heavy atom. The molecule has 5 nitrogen and oxygen atoms in total. The smallest absolute Gasteiger partial charge is 0.234 e. The van der Waals surface area contributed by atoms with Crippen LogP contribution in [0.4, 0.5) is 0 Å². The molecule has 0 radical (unpaired) electrons. The Morgan fingerprint density at radius 1 is 1.39 bits per heavy atom. The van der Waals surface area contributed by atoms with Gasteiger partial charge in [-0.2, -0.15) is 9.61 Å². The van der Waals surface area contributed by atoms with E-state index in [4.69, 9.17) is 4.74 Å². The van der Waals surface area contributed by atoms with Crippen LogP contribution in [0.1, 0.15) is 50.0 Å². The fourth-order valence-electron chi connectivity index (χ4n) is 2.23. The molecule has 98 valence electrons. The van der Waals surface area contributed by atoms with Crippen LogP contribution in [0.25, 0.3) is 4.96 Å². The zero-order valence-electron chi connectivity index (χ0n) is 10.8. The third-order valence-electron chi connectivity index (χ3n) is 3.12. The molecular weight excluding hydrogens is 248 g/mol. The van der Waals surface area contributed by atoms with Crippen molar-refractivity contribution in [1.82, 2.24) is 19.8 Å². The molecular formula is C12H18N4OS. The van der Waals surface area contributed by atoms with Crippen LogP contribution in [0.3, 0.4) is 0 Å². The first-order chi connectivity index (χ1) is 8.74. The number of fused-ring (bicyclic) bond motifs is 1. The van der Waals surface area contributed by atoms with Gasteiger partial charge >= 0.3 is 0 Å². The van der Waals surface area contributed by atoms with Crippen molar-refractivity contribution < 1.29 is 4.74 Å². The van der Waals surface area contributed by atoms with E-state index in [1.807, 2.05) is 4.52 Å². The molecule has 0 aromatic carbocycles. The van der Waals surface area contributed by atoms with Gasteiger partial charge in [0.2, 0.25) is 4.96 Å². The van der Waals surface area contributed by atoms with Crippen LogP contribution >= 0.6 is 11.3 Å². The van der Waals surface area contributed by atoms with Gasteiger partial charge in [0.05, 0.1) is 0 Å². The standard InChI is InChI=1S/C12H18N4OS/c1-8(2)7-10-13-14-12-16(10)15-11(18-12)9-5-3-4-6-17-9/h8-9H,3-7H2,1-2H3/t9-/m0/s1. The number of aromatic nitrogens is 4. The monoisotopic (exact) mass is 266 g/mol. The molecule has 6 heteroatoms. The number of hydrogen-bond donors (Lipinski definition) is 0. The second-order valence-corrected chi connectivity index (χ2v) is 6.19. The number of nitrogens with zero attached hydrogens (tertiary/aromatic N) is 4. The average Bonchev–Trinajstić information content (AvgIpc) is 2.92. The molecule has 3 heterocycles. The van der Waals surface area contributed by atoms with E-state index in [-0.39, 0.29) is 6.10 Å². The topological polar surface area (TPSA) is 52.3 Å². The zero-order chi connectivity index (χ0) is 12.5. The van der Waals surface area contributed by atoms with E-state index in [1.165, 1.54) is 12.8 Å². The molecule has 0 saturated carbocycles. The van der Waals surface area contributed by atoms with Crippen LogP contribution in [-0.4, -0.2) is 26.4 Å². The van der Waals surface area contributed by atoms with Gasteiger partial charge in [-0.15, -0.1) is 10.2 Å². The van der Waals surface area contributed by atoms with Crippen LogP contribution in [0.5, 0.6) is 0 Å². The molecule has 1 aliphatic heterocycles. The molecule has 0 aliphatic carbocycles. The molecule has 0 bridgehead atoms. The summed E-state index contributed by atoms with van der Waals surface area (Å²) >= 11 is 1.60. The summed E-state index contributed by atoms with van der Waals surface area (Å²) < 4.78 is 7.66. The summed E-state index contributed by atoms with van der Waals surface area (Å²) in [5.41, 5.74) is 0. The van der Waals surface area contributed by atoms with Crippen LogP contribution in [-0.2, 0) is 11.2 Å². The highest BCUT2D eigenvalue weighted by Gasteiger charge is 2.22. The molecule has 18 heavy (non-hydrogen) atoms. The van der Waals surface area contributed by atoms with Crippen molar-refractivity contribution in [3.05, 3.63) is 10.8 Å². The van der Waals surface area contributed by atoms with E-state index < -0.39 is 0 Å². The molecule has 1 atom stereocenters. The highest BCUT2D eigenvalue weighted by atomic mass is 32.1. The van der Waals surface area contributed by atoms with E-state index in [9.17, 15) is 0 Å². The lowest BCUT2D eigenvalue weighted by molar-refractivity contribution is 0.0143. The van der Waals surface area contributed by atoms with Gasteiger partial charge in [-0.1, -0.05) is 25.2 Å². The van der Waals surface area contributed by atoms with E-state index in [0.717, 1.165) is 35.2 Å². The second-order valence-electron chi connectivity index (χ2n) is 5.20. The minimum Gasteiger partial charge on any atom is -0.371 e. The first-order valence-electron chi connectivity index (χ1n) is 6.56. The number of rotatable bonds is 3. The second kappa shape index (κ2) is 4.93. The first-order valence-corrected chi connectivity index (χ1v) is 7.38. The van der Waals surface area contributed by atoms with Gasteiger partial charge in [-0.3, -0.25) is 0 Å². The molecule has 0 amide bonds. The highest BCUT2D eigenvalue weighted by molar-refractivity contribution is 7.16. The lowest BCUT2D eigenvalue weighted by Gasteiger charge is -2.19. The normalized spacial score (nSPS) is 20.9. The van der Waals surface area contributed by atoms with Crippen LogP contribution < -0.4 is 0 Å². The van der Waals surface area contributed by atoms with Crippen molar-refractivity contribution in [3.63, 3.8) is 0 Å². The number of hydrogen-bond acceptors (Lipinski definition) is 5. The summed E-state index contributed by atoms with van der Waals surface area (Å²) in [6.07, 6.45) is 4.54. The molecule has 0 N–H and O–H groups in total. The predicted octanol–water partition coefficient (Wildman–Crippen LogP) is 2.63. The lowest BCUT2D eigenvalue weighted by atomic mass is 10.1. The molecule has 0 spiro atoms. The highest BCUT2D eigenvalue weighted by Crippen LogP contribution is 2.30. The molecule has 2 aromatic heterocycles. The minimum absolute atomic E-state index is 0.164. The fraction of sp³-hybridized carbons (Fsp3) is 0.750. The molecule has 1 aliphatic rings. The van der Waals surface area contributed by atoms with Crippen LogP contribution in [0.2, 0.25) is 0 Å².